The van der Waals surface area contributed by atoms with E-state index in [4.69, 9.17) is 0 Å². The van der Waals surface area contributed by atoms with Crippen LogP contribution in [0.5, 0.6) is 0 Å². The van der Waals surface area contributed by atoms with Gasteiger partial charge in [0.15, 0.2) is 5.78 Å². The molecule has 2 aromatic rings. The monoisotopic (exact) mass is 301 g/mol. The van der Waals surface area contributed by atoms with E-state index in [0.717, 1.165) is 14.6 Å². The molecule has 2 rings (SSSR count). The van der Waals surface area contributed by atoms with E-state index in [1.807, 2.05) is 6.07 Å². The molecule has 0 aliphatic rings. The Kier molecular flexibility index (Phi) is 2.49. The molecule has 0 fully saturated rings. The van der Waals surface area contributed by atoms with Crippen LogP contribution in [-0.2, 0) is 11.3 Å². The molecule has 2 aromatic heterocycles. The molecule has 0 atom stereocenters. The summed E-state index contributed by atoms with van der Waals surface area (Å²) in [4.78, 5) is 15.0. The largest absolute Gasteiger partial charge is 0.298 e. The second-order valence-corrected chi connectivity index (χ2v) is 4.07. The number of hydrogen-bond donors (Lipinski definition) is 0. The molecule has 0 amide bonds. The van der Waals surface area contributed by atoms with Crippen molar-refractivity contribution in [3.63, 3.8) is 0 Å². The van der Waals surface area contributed by atoms with Gasteiger partial charge in [-0.25, -0.2) is 0 Å². The van der Waals surface area contributed by atoms with Crippen molar-refractivity contribution in [1.29, 1.82) is 0 Å². The van der Waals surface area contributed by atoms with Crippen LogP contribution in [0, 0.1) is 3.70 Å². The highest BCUT2D eigenvalue weighted by atomic mass is 127. The van der Waals surface area contributed by atoms with E-state index >= 15 is 0 Å². The maximum atomic E-state index is 11.0. The zero-order valence-corrected chi connectivity index (χ0v) is 9.72. The Morgan fingerprint density at radius 3 is 3.14 bits per heavy atom. The number of Topliss-reactive ketones (excluding diaryl/α,β-unsaturated/α-hetero) is 1. The minimum atomic E-state index is 0.0923. The van der Waals surface area contributed by atoms with Crippen LogP contribution in [-0.4, -0.2) is 20.5 Å². The van der Waals surface area contributed by atoms with Gasteiger partial charge in [-0.3, -0.25) is 14.5 Å². The van der Waals surface area contributed by atoms with Crippen molar-refractivity contribution < 1.29 is 4.79 Å². The van der Waals surface area contributed by atoms with Crippen molar-refractivity contribution in [3.8, 4) is 0 Å². The number of nitrogens with zero attached hydrogens (tertiary/aromatic N) is 3. The number of hydrogen-bond acceptors (Lipinski definition) is 3. The lowest BCUT2D eigenvalue weighted by Crippen LogP contribution is -2.07. The van der Waals surface area contributed by atoms with Gasteiger partial charge < -0.3 is 0 Å². The third-order valence-electron chi connectivity index (χ3n) is 1.88. The van der Waals surface area contributed by atoms with Crippen molar-refractivity contribution in [2.45, 2.75) is 13.5 Å². The summed E-state index contributed by atoms with van der Waals surface area (Å²) in [6, 6.07) is 1.90. The van der Waals surface area contributed by atoms with E-state index in [0.29, 0.717) is 6.54 Å². The van der Waals surface area contributed by atoms with Gasteiger partial charge in [0, 0.05) is 11.6 Å². The fourth-order valence-corrected chi connectivity index (χ4v) is 2.03. The number of rotatable bonds is 2. The normalized spacial score (nSPS) is 10.7. The van der Waals surface area contributed by atoms with Gasteiger partial charge in [0.2, 0.25) is 0 Å². The van der Waals surface area contributed by atoms with Gasteiger partial charge in [-0.1, -0.05) is 0 Å². The first-order valence-electron chi connectivity index (χ1n) is 4.14. The first-order chi connectivity index (χ1) is 6.68. The van der Waals surface area contributed by atoms with Crippen molar-refractivity contribution in [1.82, 2.24) is 14.8 Å². The van der Waals surface area contributed by atoms with Crippen LogP contribution in [0.3, 0.4) is 0 Å². The van der Waals surface area contributed by atoms with E-state index in [1.54, 1.807) is 24.0 Å². The number of halogens is 1. The topological polar surface area (TPSA) is 47.8 Å². The fourth-order valence-electron chi connectivity index (χ4n) is 1.31. The molecule has 0 spiro atoms. The van der Waals surface area contributed by atoms with E-state index in [-0.39, 0.29) is 5.78 Å². The van der Waals surface area contributed by atoms with E-state index in [2.05, 4.69) is 32.7 Å². The van der Waals surface area contributed by atoms with Gasteiger partial charge in [0.25, 0.3) is 0 Å². The zero-order chi connectivity index (χ0) is 10.1. The average Bonchev–Trinajstić information content (AvgIpc) is 2.44. The Bertz CT molecular complexity index is 492. The smallest absolute Gasteiger partial charge is 0.151 e. The maximum Gasteiger partial charge on any atom is 0.151 e. The summed E-state index contributed by atoms with van der Waals surface area (Å²) in [7, 11) is 0. The molecule has 4 nitrogen and oxygen atoms in total. The van der Waals surface area contributed by atoms with Gasteiger partial charge >= 0.3 is 0 Å². The van der Waals surface area contributed by atoms with Crippen molar-refractivity contribution in [2.24, 2.45) is 0 Å². The highest BCUT2D eigenvalue weighted by molar-refractivity contribution is 14.1. The van der Waals surface area contributed by atoms with Crippen LogP contribution in [0.15, 0.2) is 18.5 Å². The summed E-state index contributed by atoms with van der Waals surface area (Å²) in [6.07, 6.45) is 3.46. The Balaban J connectivity index is 2.60. The minimum Gasteiger partial charge on any atom is -0.298 e. The third kappa shape index (κ3) is 1.63. The van der Waals surface area contributed by atoms with Gasteiger partial charge in [0.1, 0.15) is 3.70 Å². The predicted molar refractivity (Wildman–Crippen MR) is 60.9 cm³/mol. The van der Waals surface area contributed by atoms with Crippen LogP contribution in [0.1, 0.15) is 6.92 Å². The number of fused-ring (bicyclic) bond motifs is 1. The Morgan fingerprint density at radius 1 is 1.64 bits per heavy atom. The zero-order valence-electron chi connectivity index (χ0n) is 7.57. The van der Waals surface area contributed by atoms with Crippen molar-refractivity contribution in [3.05, 3.63) is 22.2 Å². The van der Waals surface area contributed by atoms with Crippen LogP contribution in [0.2, 0.25) is 0 Å². The third-order valence-corrected chi connectivity index (χ3v) is 2.68. The summed E-state index contributed by atoms with van der Waals surface area (Å²) < 4.78 is 2.59. The molecule has 0 aliphatic carbocycles. The molecule has 14 heavy (non-hydrogen) atoms. The lowest BCUT2D eigenvalue weighted by atomic mass is 10.3. The molecule has 0 aliphatic heterocycles. The van der Waals surface area contributed by atoms with Crippen LogP contribution < -0.4 is 0 Å². The van der Waals surface area contributed by atoms with E-state index < -0.39 is 0 Å². The molecule has 2 heterocycles. The van der Waals surface area contributed by atoms with Gasteiger partial charge in [-0.05, 0) is 35.6 Å². The summed E-state index contributed by atoms with van der Waals surface area (Å²) in [5, 5.41) is 5.32. The Morgan fingerprint density at radius 2 is 2.43 bits per heavy atom. The minimum absolute atomic E-state index is 0.0923. The molecule has 0 radical (unpaired) electrons. The second kappa shape index (κ2) is 3.64. The van der Waals surface area contributed by atoms with E-state index in [1.165, 1.54) is 0 Å². The van der Waals surface area contributed by atoms with Gasteiger partial charge in [-0.2, -0.15) is 5.10 Å². The Hall–Kier alpha value is -0.980. The number of pyridine rings is 1. The van der Waals surface area contributed by atoms with Crippen LogP contribution in [0.25, 0.3) is 10.9 Å². The summed E-state index contributed by atoms with van der Waals surface area (Å²) in [6.45, 7) is 1.86. The molecule has 72 valence electrons. The van der Waals surface area contributed by atoms with Gasteiger partial charge in [-0.15, -0.1) is 0 Å². The second-order valence-electron chi connectivity index (χ2n) is 3.04. The molecular weight excluding hydrogens is 293 g/mol. The molecule has 0 saturated heterocycles. The molecule has 0 unspecified atom stereocenters. The summed E-state index contributed by atoms with van der Waals surface area (Å²) in [5.41, 5.74) is 0.909. The van der Waals surface area contributed by atoms with Crippen molar-refractivity contribution in [2.75, 3.05) is 0 Å². The molecule has 0 aromatic carbocycles. The lowest BCUT2D eigenvalue weighted by Gasteiger charge is -1.97. The van der Waals surface area contributed by atoms with Crippen LogP contribution in [0.4, 0.5) is 0 Å². The first kappa shape index (κ1) is 9.57. The first-order valence-corrected chi connectivity index (χ1v) is 5.22. The standard InChI is InChI=1S/C9H8IN3O/c1-6(14)5-13-8-4-11-3-2-7(8)9(10)12-13/h2-4H,5H2,1H3. The molecule has 5 heteroatoms. The van der Waals surface area contributed by atoms with Gasteiger partial charge in [0.05, 0.1) is 18.3 Å². The van der Waals surface area contributed by atoms with Crippen LogP contribution >= 0.6 is 22.6 Å². The molecule has 0 bridgehead atoms. The molecule has 0 saturated carbocycles. The molecular formula is C9H8IN3O. The van der Waals surface area contributed by atoms with Crippen molar-refractivity contribution >= 4 is 39.3 Å². The number of ketones is 1. The highest BCUT2D eigenvalue weighted by Crippen LogP contribution is 2.18. The predicted octanol–water partition coefficient (Wildman–Crippen LogP) is 1.62. The van der Waals surface area contributed by atoms with E-state index in [9.17, 15) is 4.79 Å². The summed E-state index contributed by atoms with van der Waals surface area (Å²) >= 11 is 2.15. The number of carbonyl (C=O) groups is 1. The quantitative estimate of drug-likeness (QED) is 0.792. The SMILES string of the molecule is CC(=O)Cn1nc(I)c2ccncc21. The number of aromatic nitrogens is 3. The Labute approximate surface area is 94.5 Å². The maximum absolute atomic E-state index is 11.0. The number of carbonyl (C=O) groups excluding carboxylic acids is 1. The lowest BCUT2D eigenvalue weighted by molar-refractivity contribution is -0.117. The summed E-state index contributed by atoms with van der Waals surface area (Å²) in [5.74, 6) is 0.0923. The fraction of sp³-hybridized carbons (Fsp3) is 0.222. The molecule has 0 N–H and O–H groups in total. The highest BCUT2D eigenvalue weighted by Gasteiger charge is 2.08. The average molecular weight is 301 g/mol.